The minimum absolute atomic E-state index is 0.00713. The lowest BCUT2D eigenvalue weighted by molar-refractivity contribution is 0.0877. The zero-order valence-electron chi connectivity index (χ0n) is 19.8. The Morgan fingerprint density at radius 3 is 2.49 bits per heavy atom. The summed E-state index contributed by atoms with van der Waals surface area (Å²) in [5, 5.41) is 32.1. The zero-order valence-corrected chi connectivity index (χ0v) is 20.6. The van der Waals surface area contributed by atoms with E-state index in [2.05, 4.69) is 5.32 Å². The molecule has 4 N–H and O–H groups in total. The second-order valence-electron chi connectivity index (χ2n) is 9.26. The number of hydrogen-bond donors (Lipinski definition) is 4. The van der Waals surface area contributed by atoms with Gasteiger partial charge in [0.1, 0.15) is 0 Å². The molecule has 1 amide bonds. The first-order valence-corrected chi connectivity index (χ1v) is 12.7. The van der Waals surface area contributed by atoms with Crippen molar-refractivity contribution in [3.8, 4) is 11.5 Å². The third-order valence-corrected chi connectivity index (χ3v) is 7.64. The van der Waals surface area contributed by atoms with Crippen molar-refractivity contribution < 1.29 is 38.0 Å². The van der Waals surface area contributed by atoms with Gasteiger partial charge in [-0.3, -0.25) is 0 Å². The summed E-state index contributed by atoms with van der Waals surface area (Å²) < 4.78 is 39.1. The average molecular weight is 509 g/mol. The molecule has 0 spiro atoms. The van der Waals surface area contributed by atoms with E-state index in [1.807, 2.05) is 19.9 Å². The van der Waals surface area contributed by atoms with Crippen molar-refractivity contribution in [3.05, 3.63) is 54.1 Å². The summed E-state index contributed by atoms with van der Waals surface area (Å²) in [5.41, 5.74) is 0.170. The maximum atomic E-state index is 13.7. The van der Waals surface area contributed by atoms with Gasteiger partial charge in [0.05, 0.1) is 17.0 Å². The Balaban J connectivity index is 1.91. The van der Waals surface area contributed by atoms with E-state index in [-0.39, 0.29) is 37.8 Å². The number of amides is 1. The fourth-order valence-corrected chi connectivity index (χ4v) is 5.60. The van der Waals surface area contributed by atoms with Crippen LogP contribution in [0.15, 0.2) is 53.4 Å². The van der Waals surface area contributed by atoms with E-state index in [9.17, 15) is 28.5 Å². The topological polar surface area (TPSA) is 146 Å². The molecule has 0 bridgehead atoms. The first-order valence-electron chi connectivity index (χ1n) is 11.2. The fourth-order valence-electron chi connectivity index (χ4n) is 3.94. The Labute approximate surface area is 205 Å². The molecular formula is C24H32N2O8S. The van der Waals surface area contributed by atoms with E-state index in [4.69, 9.17) is 9.47 Å². The fraction of sp³-hybridized carbons (Fsp3) is 0.458. The molecule has 35 heavy (non-hydrogen) atoms. The Bertz CT molecular complexity index is 1110. The van der Waals surface area contributed by atoms with Crippen LogP contribution in [0.2, 0.25) is 0 Å². The van der Waals surface area contributed by atoms with Crippen LogP contribution in [0.5, 0.6) is 11.5 Å². The number of nitrogens with zero attached hydrogens (tertiary/aromatic N) is 1. The molecule has 192 valence electrons. The molecule has 3 rings (SSSR count). The highest BCUT2D eigenvalue weighted by molar-refractivity contribution is 7.89. The van der Waals surface area contributed by atoms with Crippen molar-refractivity contribution in [1.82, 2.24) is 9.62 Å². The quantitative estimate of drug-likeness (QED) is 0.341. The molecule has 0 fully saturated rings. The van der Waals surface area contributed by atoms with Gasteiger partial charge in [-0.2, -0.15) is 4.31 Å². The molecule has 0 saturated heterocycles. The van der Waals surface area contributed by atoms with Crippen molar-refractivity contribution in [2.45, 2.75) is 43.7 Å². The summed E-state index contributed by atoms with van der Waals surface area (Å²) in [5.74, 6) is 0.736. The monoisotopic (exact) mass is 508 g/mol. The van der Waals surface area contributed by atoms with Gasteiger partial charge in [-0.1, -0.05) is 44.2 Å². The lowest BCUT2D eigenvalue weighted by atomic mass is 9.89. The summed E-state index contributed by atoms with van der Waals surface area (Å²) in [6, 6.07) is 12.3. The van der Waals surface area contributed by atoms with Crippen LogP contribution in [-0.4, -0.2) is 72.8 Å². The van der Waals surface area contributed by atoms with E-state index in [1.54, 1.807) is 24.3 Å². The van der Waals surface area contributed by atoms with Gasteiger partial charge in [0.25, 0.3) is 0 Å². The lowest BCUT2D eigenvalue weighted by Crippen LogP contribution is -2.51. The third-order valence-electron chi connectivity index (χ3n) is 5.84. The number of benzene rings is 2. The van der Waals surface area contributed by atoms with Crippen molar-refractivity contribution in [1.29, 1.82) is 0 Å². The van der Waals surface area contributed by atoms with Gasteiger partial charge in [-0.25, -0.2) is 13.2 Å². The number of nitrogens with one attached hydrogen (secondary N) is 1. The standard InChI is InChI=1S/C24H32N2O8S/c1-24(2,10-11-27)15-26(35(31,32)18-8-9-21-22(13-18)34-16-33-21)14-20(28)19(25-23(29)30)12-17-6-4-3-5-7-17/h3-9,13,19-20,25,27-28H,10-12,14-16H2,1-2H3,(H,29,30)/t19-,20+/m0/s1. The maximum absolute atomic E-state index is 13.7. The van der Waals surface area contributed by atoms with Crippen LogP contribution in [0.3, 0.4) is 0 Å². The lowest BCUT2D eigenvalue weighted by Gasteiger charge is -2.34. The largest absolute Gasteiger partial charge is 0.465 e. The van der Waals surface area contributed by atoms with E-state index < -0.39 is 33.7 Å². The van der Waals surface area contributed by atoms with Gasteiger partial charge in [0, 0.05) is 25.8 Å². The molecule has 0 aliphatic carbocycles. The molecule has 1 aliphatic rings. The predicted molar refractivity (Wildman–Crippen MR) is 128 cm³/mol. The molecule has 0 radical (unpaired) electrons. The van der Waals surface area contributed by atoms with Gasteiger partial charge in [0.15, 0.2) is 11.5 Å². The van der Waals surface area contributed by atoms with Crippen LogP contribution in [0.25, 0.3) is 0 Å². The van der Waals surface area contributed by atoms with Crippen LogP contribution < -0.4 is 14.8 Å². The van der Waals surface area contributed by atoms with Crippen LogP contribution >= 0.6 is 0 Å². The number of aliphatic hydroxyl groups excluding tert-OH is 2. The van der Waals surface area contributed by atoms with Crippen molar-refractivity contribution in [2.24, 2.45) is 5.41 Å². The number of sulfonamides is 1. The van der Waals surface area contributed by atoms with Crippen LogP contribution in [-0.2, 0) is 16.4 Å². The number of carbonyl (C=O) groups is 1. The highest BCUT2D eigenvalue weighted by atomic mass is 32.2. The predicted octanol–water partition coefficient (Wildman–Crippen LogP) is 2.05. The number of rotatable bonds is 12. The average Bonchev–Trinajstić information content (AvgIpc) is 3.26. The summed E-state index contributed by atoms with van der Waals surface area (Å²) in [4.78, 5) is 11.4. The number of carboxylic acid groups (broad SMARTS) is 1. The Morgan fingerprint density at radius 2 is 1.83 bits per heavy atom. The second kappa shape index (κ2) is 11.3. The van der Waals surface area contributed by atoms with E-state index in [1.165, 1.54) is 18.2 Å². The van der Waals surface area contributed by atoms with E-state index in [0.29, 0.717) is 17.9 Å². The molecule has 1 aliphatic heterocycles. The molecule has 1 heterocycles. The molecule has 2 aromatic rings. The SMILES string of the molecule is CC(C)(CCO)CN(C[C@@H](O)[C@H](Cc1ccccc1)NC(=O)O)S(=O)(=O)c1ccc2c(c1)OCO2. The number of fused-ring (bicyclic) bond motifs is 1. The highest BCUT2D eigenvalue weighted by Gasteiger charge is 2.35. The number of ether oxygens (including phenoxy) is 2. The van der Waals surface area contributed by atoms with Crippen LogP contribution in [0, 0.1) is 5.41 Å². The third kappa shape index (κ3) is 7.07. The Kier molecular flexibility index (Phi) is 8.60. The highest BCUT2D eigenvalue weighted by Crippen LogP contribution is 2.35. The van der Waals surface area contributed by atoms with Crippen molar-refractivity contribution in [2.75, 3.05) is 26.5 Å². The van der Waals surface area contributed by atoms with Crippen LogP contribution in [0.1, 0.15) is 25.8 Å². The molecule has 0 saturated carbocycles. The zero-order chi connectivity index (χ0) is 25.6. The molecule has 10 nitrogen and oxygen atoms in total. The molecule has 11 heteroatoms. The van der Waals surface area contributed by atoms with Gasteiger partial charge < -0.3 is 30.1 Å². The first-order chi connectivity index (χ1) is 16.5. The number of hydrogen-bond acceptors (Lipinski definition) is 7. The van der Waals surface area contributed by atoms with Gasteiger partial charge in [-0.15, -0.1) is 0 Å². The second-order valence-corrected chi connectivity index (χ2v) is 11.2. The van der Waals surface area contributed by atoms with Gasteiger partial charge in [0.2, 0.25) is 16.8 Å². The smallest absolute Gasteiger partial charge is 0.404 e. The molecule has 0 aromatic heterocycles. The van der Waals surface area contributed by atoms with Gasteiger partial charge >= 0.3 is 6.09 Å². The molecule has 2 atom stereocenters. The Morgan fingerprint density at radius 1 is 1.14 bits per heavy atom. The minimum atomic E-state index is -4.12. The van der Waals surface area contributed by atoms with E-state index in [0.717, 1.165) is 9.87 Å². The van der Waals surface area contributed by atoms with E-state index >= 15 is 0 Å². The summed E-state index contributed by atoms with van der Waals surface area (Å²) in [7, 11) is -4.12. The first kappa shape index (κ1) is 26.7. The van der Waals surface area contributed by atoms with Crippen LogP contribution in [0.4, 0.5) is 4.79 Å². The Hall–Kier alpha value is -2.86. The normalized spacial score (nSPS) is 15.1. The minimum Gasteiger partial charge on any atom is -0.465 e. The van der Waals surface area contributed by atoms with Crippen molar-refractivity contribution in [3.63, 3.8) is 0 Å². The maximum Gasteiger partial charge on any atom is 0.404 e. The molecule has 2 aromatic carbocycles. The molecular weight excluding hydrogens is 476 g/mol. The molecule has 0 unspecified atom stereocenters. The summed E-state index contributed by atoms with van der Waals surface area (Å²) in [6.07, 6.45) is -2.17. The number of aliphatic hydroxyl groups is 2. The summed E-state index contributed by atoms with van der Waals surface area (Å²) in [6.45, 7) is 3.12. The van der Waals surface area contributed by atoms with Crippen molar-refractivity contribution >= 4 is 16.1 Å². The van der Waals surface area contributed by atoms with Gasteiger partial charge in [-0.05, 0) is 36.0 Å². The summed E-state index contributed by atoms with van der Waals surface area (Å²) >= 11 is 0.